The van der Waals surface area contributed by atoms with E-state index >= 15 is 0 Å². The monoisotopic (exact) mass is 255 g/mol. The molecule has 4 nitrogen and oxygen atoms in total. The van der Waals surface area contributed by atoms with Crippen molar-refractivity contribution < 1.29 is 14.6 Å². The minimum absolute atomic E-state index is 0.385. The van der Waals surface area contributed by atoms with Crippen LogP contribution in [0.1, 0.15) is 44.9 Å². The second kappa shape index (κ2) is 5.87. The van der Waals surface area contributed by atoms with E-state index in [1.54, 1.807) is 0 Å². The van der Waals surface area contributed by atoms with E-state index in [4.69, 9.17) is 9.47 Å². The highest BCUT2D eigenvalue weighted by molar-refractivity contribution is 4.94. The molecule has 3 rings (SSSR count). The molecule has 104 valence electrons. The van der Waals surface area contributed by atoms with Gasteiger partial charge in [-0.05, 0) is 32.1 Å². The van der Waals surface area contributed by atoms with E-state index in [-0.39, 0.29) is 6.10 Å². The Bertz CT molecular complexity index is 268. The van der Waals surface area contributed by atoms with E-state index in [2.05, 4.69) is 5.32 Å². The van der Waals surface area contributed by atoms with Crippen molar-refractivity contribution in [2.75, 3.05) is 13.2 Å². The molecule has 3 fully saturated rings. The first-order chi connectivity index (χ1) is 8.81. The van der Waals surface area contributed by atoms with Crippen LogP contribution in [0.5, 0.6) is 0 Å². The first kappa shape index (κ1) is 12.9. The molecule has 2 aliphatic heterocycles. The van der Waals surface area contributed by atoms with Gasteiger partial charge in [0, 0.05) is 12.6 Å². The van der Waals surface area contributed by atoms with Gasteiger partial charge in [0.25, 0.3) is 0 Å². The second-order valence-corrected chi connectivity index (χ2v) is 6.02. The van der Waals surface area contributed by atoms with E-state index in [1.807, 2.05) is 0 Å². The van der Waals surface area contributed by atoms with Crippen LogP contribution in [0.15, 0.2) is 0 Å². The molecule has 0 spiro atoms. The van der Waals surface area contributed by atoms with Gasteiger partial charge in [0.1, 0.15) is 0 Å². The SMILES string of the molecule is OC(CNC1CC2CCC1O2)COC1CCCC1. The van der Waals surface area contributed by atoms with Crippen molar-refractivity contribution in [3.05, 3.63) is 0 Å². The Balaban J connectivity index is 1.30. The highest BCUT2D eigenvalue weighted by atomic mass is 16.5. The van der Waals surface area contributed by atoms with Crippen molar-refractivity contribution in [2.24, 2.45) is 0 Å². The number of nitrogens with one attached hydrogen (secondary N) is 1. The van der Waals surface area contributed by atoms with Gasteiger partial charge in [-0.2, -0.15) is 0 Å². The van der Waals surface area contributed by atoms with Gasteiger partial charge in [-0.3, -0.25) is 0 Å². The molecule has 4 unspecified atom stereocenters. The number of ether oxygens (including phenoxy) is 2. The lowest BCUT2D eigenvalue weighted by atomic mass is 9.95. The molecule has 18 heavy (non-hydrogen) atoms. The molecule has 3 aliphatic rings. The summed E-state index contributed by atoms with van der Waals surface area (Å²) in [5.41, 5.74) is 0. The highest BCUT2D eigenvalue weighted by Gasteiger charge is 2.40. The summed E-state index contributed by atoms with van der Waals surface area (Å²) in [4.78, 5) is 0. The van der Waals surface area contributed by atoms with Crippen LogP contribution in [0.25, 0.3) is 0 Å². The second-order valence-electron chi connectivity index (χ2n) is 6.02. The maximum Gasteiger partial charge on any atom is 0.0897 e. The molecule has 0 radical (unpaired) electrons. The van der Waals surface area contributed by atoms with Crippen molar-refractivity contribution >= 4 is 0 Å². The normalized spacial score (nSPS) is 37.5. The van der Waals surface area contributed by atoms with Crippen LogP contribution in [-0.4, -0.2) is 48.7 Å². The van der Waals surface area contributed by atoms with Gasteiger partial charge in [-0.25, -0.2) is 0 Å². The molecule has 4 atom stereocenters. The van der Waals surface area contributed by atoms with E-state index in [0.717, 1.165) is 6.42 Å². The summed E-state index contributed by atoms with van der Waals surface area (Å²) in [6, 6.07) is 0.449. The summed E-state index contributed by atoms with van der Waals surface area (Å²) in [6.45, 7) is 1.10. The summed E-state index contributed by atoms with van der Waals surface area (Å²) < 4.78 is 11.5. The van der Waals surface area contributed by atoms with Crippen molar-refractivity contribution in [3.63, 3.8) is 0 Å². The third kappa shape index (κ3) is 3.05. The molecule has 2 saturated heterocycles. The molecule has 2 heterocycles. The summed E-state index contributed by atoms with van der Waals surface area (Å²) in [7, 11) is 0. The first-order valence-corrected chi connectivity index (χ1v) is 7.50. The zero-order valence-corrected chi connectivity index (χ0v) is 11.0. The number of hydrogen-bond donors (Lipinski definition) is 2. The number of rotatable bonds is 6. The van der Waals surface area contributed by atoms with Crippen LogP contribution in [0.4, 0.5) is 0 Å². The van der Waals surface area contributed by atoms with Crippen LogP contribution >= 0.6 is 0 Å². The van der Waals surface area contributed by atoms with Gasteiger partial charge in [-0.15, -0.1) is 0 Å². The van der Waals surface area contributed by atoms with Crippen LogP contribution in [-0.2, 0) is 9.47 Å². The Kier molecular flexibility index (Phi) is 4.19. The Morgan fingerprint density at radius 1 is 1.22 bits per heavy atom. The van der Waals surface area contributed by atoms with Crippen molar-refractivity contribution in [2.45, 2.75) is 75.4 Å². The summed E-state index contributed by atoms with van der Waals surface area (Å²) in [5, 5.41) is 13.3. The largest absolute Gasteiger partial charge is 0.389 e. The van der Waals surface area contributed by atoms with Crippen molar-refractivity contribution in [1.82, 2.24) is 5.32 Å². The van der Waals surface area contributed by atoms with E-state index in [0.29, 0.717) is 37.5 Å². The van der Waals surface area contributed by atoms with Crippen LogP contribution in [0.3, 0.4) is 0 Å². The first-order valence-electron chi connectivity index (χ1n) is 7.50. The summed E-state index contributed by atoms with van der Waals surface area (Å²) in [5.74, 6) is 0. The van der Waals surface area contributed by atoms with Gasteiger partial charge in [0.05, 0.1) is 31.0 Å². The van der Waals surface area contributed by atoms with Gasteiger partial charge in [0.2, 0.25) is 0 Å². The van der Waals surface area contributed by atoms with Crippen LogP contribution in [0.2, 0.25) is 0 Å². The molecule has 0 amide bonds. The van der Waals surface area contributed by atoms with Gasteiger partial charge >= 0.3 is 0 Å². The van der Waals surface area contributed by atoms with Gasteiger partial charge in [-0.1, -0.05) is 12.8 Å². The minimum atomic E-state index is -0.385. The molecule has 0 aromatic carbocycles. The summed E-state index contributed by atoms with van der Waals surface area (Å²) >= 11 is 0. The van der Waals surface area contributed by atoms with Gasteiger partial charge in [0.15, 0.2) is 0 Å². The predicted molar refractivity (Wildman–Crippen MR) is 68.5 cm³/mol. The van der Waals surface area contributed by atoms with Crippen molar-refractivity contribution in [1.29, 1.82) is 0 Å². The van der Waals surface area contributed by atoms with E-state index in [1.165, 1.54) is 38.5 Å². The fourth-order valence-electron chi connectivity index (χ4n) is 3.50. The lowest BCUT2D eigenvalue weighted by Crippen LogP contribution is -2.42. The van der Waals surface area contributed by atoms with Crippen LogP contribution < -0.4 is 5.32 Å². The third-order valence-electron chi connectivity index (χ3n) is 4.55. The molecule has 1 aliphatic carbocycles. The molecular weight excluding hydrogens is 230 g/mol. The molecule has 0 aromatic rings. The minimum Gasteiger partial charge on any atom is -0.389 e. The Morgan fingerprint density at radius 3 is 2.72 bits per heavy atom. The number of hydrogen-bond acceptors (Lipinski definition) is 4. The van der Waals surface area contributed by atoms with Crippen LogP contribution in [0, 0.1) is 0 Å². The lowest BCUT2D eigenvalue weighted by molar-refractivity contribution is -0.00706. The lowest BCUT2D eigenvalue weighted by Gasteiger charge is -2.22. The third-order valence-corrected chi connectivity index (χ3v) is 4.55. The average Bonchev–Trinajstić information content (AvgIpc) is 3.09. The number of fused-ring (bicyclic) bond motifs is 2. The average molecular weight is 255 g/mol. The van der Waals surface area contributed by atoms with E-state index in [9.17, 15) is 5.11 Å². The maximum absolute atomic E-state index is 9.91. The Morgan fingerprint density at radius 2 is 2.06 bits per heavy atom. The highest BCUT2D eigenvalue weighted by Crippen LogP contribution is 2.34. The fraction of sp³-hybridized carbons (Fsp3) is 1.00. The van der Waals surface area contributed by atoms with E-state index < -0.39 is 0 Å². The predicted octanol–water partition coefficient (Wildman–Crippen LogP) is 1.22. The molecule has 2 bridgehead atoms. The zero-order valence-electron chi connectivity index (χ0n) is 11.0. The molecule has 0 aromatic heterocycles. The standard InChI is InChI=1S/C14H25NO3/c16-10(9-17-11-3-1-2-4-11)8-15-13-7-12-5-6-14(13)18-12/h10-16H,1-9H2. The topological polar surface area (TPSA) is 50.7 Å². The Hall–Kier alpha value is -0.160. The molecule has 2 N–H and O–H groups in total. The maximum atomic E-state index is 9.91. The molecule has 4 heteroatoms. The zero-order chi connectivity index (χ0) is 12.4. The smallest absolute Gasteiger partial charge is 0.0897 e. The molecule has 1 saturated carbocycles. The number of aliphatic hydroxyl groups excluding tert-OH is 1. The number of aliphatic hydroxyl groups is 1. The summed E-state index contributed by atoms with van der Waals surface area (Å²) in [6.07, 6.45) is 9.27. The van der Waals surface area contributed by atoms with Crippen molar-refractivity contribution in [3.8, 4) is 0 Å². The molecular formula is C14H25NO3. The van der Waals surface area contributed by atoms with Gasteiger partial charge < -0.3 is 19.9 Å². The fourth-order valence-corrected chi connectivity index (χ4v) is 3.50. The Labute approximate surface area is 109 Å². The quantitative estimate of drug-likeness (QED) is 0.749.